The summed E-state index contributed by atoms with van der Waals surface area (Å²) in [5, 5.41) is 4.69. The minimum Gasteiger partial charge on any atom is -0.465 e. The van der Waals surface area contributed by atoms with E-state index in [0.717, 1.165) is 5.69 Å². The fourth-order valence-corrected chi connectivity index (χ4v) is 2.87. The summed E-state index contributed by atoms with van der Waals surface area (Å²) in [5.74, 6) is -0.945. The van der Waals surface area contributed by atoms with Gasteiger partial charge in [0.2, 0.25) is 0 Å². The number of nitrogens with zero attached hydrogens (tertiary/aromatic N) is 2. The lowest BCUT2D eigenvalue weighted by atomic mass is 10.0. The highest BCUT2D eigenvalue weighted by Crippen LogP contribution is 2.36. The highest BCUT2D eigenvalue weighted by Gasteiger charge is 2.43. The van der Waals surface area contributed by atoms with Gasteiger partial charge in [0, 0.05) is 24.6 Å². The Morgan fingerprint density at radius 2 is 1.71 bits per heavy atom. The number of esters is 1. The van der Waals surface area contributed by atoms with E-state index < -0.39 is 11.8 Å². The van der Waals surface area contributed by atoms with Crippen molar-refractivity contribution in [3.63, 3.8) is 0 Å². The molecular weight excluding hydrogens is 307 g/mol. The molecule has 2 aromatic rings. The number of para-hydroxylation sites is 1. The predicted octanol–water partition coefficient (Wildman–Crippen LogP) is 3.63. The molecule has 3 rings (SSSR count). The molecule has 0 saturated carbocycles. The van der Waals surface area contributed by atoms with Gasteiger partial charge in [0.15, 0.2) is 17.0 Å². The second-order valence-electron chi connectivity index (χ2n) is 5.68. The Labute approximate surface area is 140 Å². The van der Waals surface area contributed by atoms with Crippen LogP contribution in [0.2, 0.25) is 0 Å². The zero-order chi connectivity index (χ0) is 17.3. The lowest BCUT2D eigenvalue weighted by Gasteiger charge is -2.24. The largest absolute Gasteiger partial charge is 0.465 e. The smallest absolute Gasteiger partial charge is 0.346 e. The molecular formula is C19H18FN2O2+. The Balaban J connectivity index is 2.26. The first-order valence-corrected chi connectivity index (χ1v) is 7.56. The summed E-state index contributed by atoms with van der Waals surface area (Å²) < 4.78 is 19.3. The van der Waals surface area contributed by atoms with Gasteiger partial charge >= 0.3 is 5.97 Å². The molecule has 5 heteroatoms. The summed E-state index contributed by atoms with van der Waals surface area (Å²) in [6.45, 7) is 1.82. The van der Waals surface area contributed by atoms with Gasteiger partial charge in [0.05, 0.1) is 7.11 Å². The van der Waals surface area contributed by atoms with Gasteiger partial charge in [-0.2, -0.15) is 0 Å². The van der Waals surface area contributed by atoms with E-state index in [1.165, 1.54) is 13.2 Å². The third-order valence-corrected chi connectivity index (χ3v) is 4.33. The fraction of sp³-hybridized carbons (Fsp3) is 0.158. The number of rotatable bonds is 3. The van der Waals surface area contributed by atoms with Crippen LogP contribution in [-0.2, 0) is 9.53 Å². The maximum absolute atomic E-state index is 14.3. The number of methoxy groups -OCH3 is 1. The molecule has 0 aliphatic carbocycles. The normalized spacial score (nSPS) is 20.1. The summed E-state index contributed by atoms with van der Waals surface area (Å²) in [7, 11) is 3.17. The van der Waals surface area contributed by atoms with Gasteiger partial charge in [0.25, 0.3) is 0 Å². The molecule has 4 nitrogen and oxygen atoms in total. The zero-order valence-corrected chi connectivity index (χ0v) is 13.8. The first-order chi connectivity index (χ1) is 11.5. The van der Waals surface area contributed by atoms with E-state index in [0.29, 0.717) is 17.0 Å². The topological polar surface area (TPSA) is 38.7 Å². The van der Waals surface area contributed by atoms with Crippen molar-refractivity contribution in [2.45, 2.75) is 6.92 Å². The van der Waals surface area contributed by atoms with Crippen molar-refractivity contribution in [2.75, 3.05) is 14.2 Å². The van der Waals surface area contributed by atoms with Gasteiger partial charge in [-0.15, -0.1) is 4.59 Å². The molecule has 0 saturated heterocycles. The Hall–Kier alpha value is -2.79. The molecule has 0 spiro atoms. The lowest BCUT2D eigenvalue weighted by Crippen LogP contribution is -2.35. The van der Waals surface area contributed by atoms with Crippen LogP contribution >= 0.6 is 0 Å². The molecule has 1 aliphatic heterocycles. The number of hydrogen-bond acceptors (Lipinski definition) is 3. The summed E-state index contributed by atoms with van der Waals surface area (Å²) in [6, 6.07) is 15.9. The average Bonchev–Trinajstić information content (AvgIpc) is 2.88. The van der Waals surface area contributed by atoms with Crippen molar-refractivity contribution < 1.29 is 13.9 Å². The highest BCUT2D eigenvalue weighted by atomic mass is 19.1. The molecule has 1 heterocycles. The summed E-state index contributed by atoms with van der Waals surface area (Å²) >= 11 is 0. The van der Waals surface area contributed by atoms with Gasteiger partial charge in [-0.1, -0.05) is 35.4 Å². The molecule has 0 fully saturated rings. The Kier molecular flexibility index (Phi) is 4.03. The van der Waals surface area contributed by atoms with Crippen molar-refractivity contribution in [3.05, 3.63) is 77.2 Å². The Morgan fingerprint density at radius 3 is 2.33 bits per heavy atom. The van der Waals surface area contributed by atoms with E-state index >= 15 is 0 Å². The molecule has 0 amide bonds. The zero-order valence-electron chi connectivity index (χ0n) is 13.8. The molecule has 24 heavy (non-hydrogen) atoms. The molecule has 2 aromatic carbocycles. The van der Waals surface area contributed by atoms with Crippen LogP contribution in [0.5, 0.6) is 0 Å². The van der Waals surface area contributed by atoms with Crippen LogP contribution in [0.25, 0.3) is 0 Å². The van der Waals surface area contributed by atoms with Crippen molar-refractivity contribution in [3.8, 4) is 0 Å². The van der Waals surface area contributed by atoms with Crippen LogP contribution in [0, 0.1) is 5.82 Å². The number of quaternary nitrogens is 1. The summed E-state index contributed by atoms with van der Waals surface area (Å²) in [6.07, 6.45) is 0. The van der Waals surface area contributed by atoms with E-state index in [1.807, 2.05) is 44.3 Å². The van der Waals surface area contributed by atoms with E-state index in [2.05, 4.69) is 0 Å². The van der Waals surface area contributed by atoms with E-state index in [1.54, 1.807) is 18.2 Å². The quantitative estimate of drug-likeness (QED) is 0.638. The molecule has 122 valence electrons. The second kappa shape index (κ2) is 6.02. The number of carbonyl (C=O) groups is 1. The minimum atomic E-state index is -0.521. The maximum Gasteiger partial charge on any atom is 0.346 e. The van der Waals surface area contributed by atoms with Crippen LogP contribution in [-0.4, -0.2) is 25.8 Å². The average molecular weight is 325 g/mol. The second-order valence-corrected chi connectivity index (χ2v) is 5.68. The van der Waals surface area contributed by atoms with Crippen LogP contribution in [0.3, 0.4) is 0 Å². The van der Waals surface area contributed by atoms with Gasteiger partial charge < -0.3 is 4.74 Å². The standard InChI is InChI=1S/C19H18FN2O2/c1-13-17(19(23)24-3)18(15-11-7-8-12-16(15)20)21-22(13,2)14-9-5-4-6-10-14/h4-12H,1-3H3/q+1. The number of ether oxygens (including phenoxy) is 1. The lowest BCUT2D eigenvalue weighted by molar-refractivity contribution is -0.135. The molecule has 1 atom stereocenters. The van der Waals surface area contributed by atoms with Crippen LogP contribution < -0.4 is 4.59 Å². The Bertz CT molecular complexity index is 859. The van der Waals surface area contributed by atoms with Crippen molar-refractivity contribution >= 4 is 17.4 Å². The van der Waals surface area contributed by atoms with E-state index in [-0.39, 0.29) is 10.2 Å². The van der Waals surface area contributed by atoms with Gasteiger partial charge in [-0.05, 0) is 12.1 Å². The van der Waals surface area contributed by atoms with Crippen molar-refractivity contribution in [2.24, 2.45) is 5.10 Å². The number of carbonyl (C=O) groups excluding carboxylic acids is 1. The first-order valence-electron chi connectivity index (χ1n) is 7.56. The monoisotopic (exact) mass is 325 g/mol. The highest BCUT2D eigenvalue weighted by molar-refractivity contribution is 6.28. The van der Waals surface area contributed by atoms with Crippen molar-refractivity contribution in [1.82, 2.24) is 4.59 Å². The maximum atomic E-state index is 14.3. The van der Waals surface area contributed by atoms with Gasteiger partial charge in [0.1, 0.15) is 18.6 Å². The van der Waals surface area contributed by atoms with E-state index in [9.17, 15) is 9.18 Å². The number of benzene rings is 2. The Morgan fingerprint density at radius 1 is 1.08 bits per heavy atom. The third-order valence-electron chi connectivity index (χ3n) is 4.33. The minimum absolute atomic E-state index is 0.0505. The van der Waals surface area contributed by atoms with Gasteiger partial charge in [-0.3, -0.25) is 0 Å². The SMILES string of the molecule is COC(=O)C1=C(C)[N+](C)(c2ccccc2)N=C1c1ccccc1F. The number of halogens is 1. The summed E-state index contributed by atoms with van der Waals surface area (Å²) in [4.78, 5) is 12.3. The van der Waals surface area contributed by atoms with Gasteiger partial charge in [-0.25, -0.2) is 9.18 Å². The molecule has 1 unspecified atom stereocenters. The van der Waals surface area contributed by atoms with E-state index in [4.69, 9.17) is 9.84 Å². The first kappa shape index (κ1) is 16.1. The molecule has 1 aliphatic rings. The number of hydrogen-bond donors (Lipinski definition) is 0. The number of allylic oxidation sites excluding steroid dienone is 1. The summed E-state index contributed by atoms with van der Waals surface area (Å²) in [5.41, 5.74) is 2.46. The molecule has 0 aromatic heterocycles. The third kappa shape index (κ3) is 2.43. The molecule has 0 bridgehead atoms. The van der Waals surface area contributed by atoms with Crippen LogP contribution in [0.4, 0.5) is 10.1 Å². The van der Waals surface area contributed by atoms with Crippen LogP contribution in [0.1, 0.15) is 12.5 Å². The van der Waals surface area contributed by atoms with Crippen LogP contribution in [0.15, 0.2) is 71.0 Å². The predicted molar refractivity (Wildman–Crippen MR) is 91.8 cm³/mol. The molecule has 0 radical (unpaired) electrons. The van der Waals surface area contributed by atoms with Crippen molar-refractivity contribution in [1.29, 1.82) is 0 Å². The molecule has 0 N–H and O–H groups in total. The fourth-order valence-electron chi connectivity index (χ4n) is 2.87.